The van der Waals surface area contributed by atoms with Gasteiger partial charge in [0.2, 0.25) is 0 Å². The summed E-state index contributed by atoms with van der Waals surface area (Å²) in [4.78, 5) is 14.8. The van der Waals surface area contributed by atoms with Crippen LogP contribution in [0.3, 0.4) is 0 Å². The van der Waals surface area contributed by atoms with E-state index >= 15 is 0 Å². The number of nitrogens with zero attached hydrogens (tertiary/aromatic N) is 1. The van der Waals surface area contributed by atoms with Gasteiger partial charge in [-0.05, 0) is 35.7 Å². The van der Waals surface area contributed by atoms with Gasteiger partial charge in [-0.1, -0.05) is 12.1 Å². The number of carbonyl (C=O) groups is 1. The monoisotopic (exact) mass is 260 g/mol. The van der Waals surface area contributed by atoms with Crippen molar-refractivity contribution >= 4 is 5.97 Å². The molecular formula is C14H13FN2O2. The number of halogens is 1. The summed E-state index contributed by atoms with van der Waals surface area (Å²) in [6.45, 7) is 0. The number of aliphatic carboxylic acids is 1. The van der Waals surface area contributed by atoms with E-state index in [1.54, 1.807) is 24.5 Å². The Hall–Kier alpha value is -2.27. The summed E-state index contributed by atoms with van der Waals surface area (Å²) in [7, 11) is 0. The van der Waals surface area contributed by atoms with Crippen molar-refractivity contribution in [2.24, 2.45) is 5.73 Å². The Labute approximate surface area is 109 Å². The highest BCUT2D eigenvalue weighted by Crippen LogP contribution is 2.20. The van der Waals surface area contributed by atoms with Crippen LogP contribution in [0.15, 0.2) is 42.7 Å². The summed E-state index contributed by atoms with van der Waals surface area (Å²) in [5.41, 5.74) is 7.83. The Balaban J connectivity index is 2.24. The standard InChI is InChI=1S/C14H13FN2O2/c15-12-3-1-10(2-4-12)11-5-9(7-17-8-11)6-13(16)14(18)19/h1-5,7-8,13H,6,16H2,(H,18,19). The number of benzene rings is 1. The summed E-state index contributed by atoms with van der Waals surface area (Å²) >= 11 is 0. The van der Waals surface area contributed by atoms with E-state index in [1.807, 2.05) is 6.07 Å². The molecule has 2 aromatic rings. The van der Waals surface area contributed by atoms with Gasteiger partial charge in [-0.25, -0.2) is 4.39 Å². The van der Waals surface area contributed by atoms with Gasteiger partial charge in [0.05, 0.1) is 0 Å². The molecule has 0 spiro atoms. The molecule has 0 saturated heterocycles. The van der Waals surface area contributed by atoms with Crippen LogP contribution in [0, 0.1) is 5.82 Å². The second kappa shape index (κ2) is 5.58. The maximum Gasteiger partial charge on any atom is 0.320 e. The molecule has 0 saturated carbocycles. The average molecular weight is 260 g/mol. The molecule has 2 rings (SSSR count). The van der Waals surface area contributed by atoms with Crippen molar-refractivity contribution in [3.63, 3.8) is 0 Å². The van der Waals surface area contributed by atoms with Crippen LogP contribution < -0.4 is 5.73 Å². The topological polar surface area (TPSA) is 76.2 Å². The van der Waals surface area contributed by atoms with E-state index in [1.165, 1.54) is 12.1 Å². The van der Waals surface area contributed by atoms with E-state index in [-0.39, 0.29) is 12.2 Å². The zero-order valence-electron chi connectivity index (χ0n) is 10.1. The van der Waals surface area contributed by atoms with E-state index in [0.717, 1.165) is 16.7 Å². The average Bonchev–Trinajstić information content (AvgIpc) is 2.39. The van der Waals surface area contributed by atoms with Gasteiger partial charge < -0.3 is 10.8 Å². The third-order valence-electron chi connectivity index (χ3n) is 2.75. The molecular weight excluding hydrogens is 247 g/mol. The number of hydrogen-bond acceptors (Lipinski definition) is 3. The van der Waals surface area contributed by atoms with Crippen molar-refractivity contribution in [3.05, 3.63) is 54.1 Å². The normalized spacial score (nSPS) is 12.1. The number of rotatable bonds is 4. The number of nitrogens with two attached hydrogens (primary N) is 1. The van der Waals surface area contributed by atoms with Crippen LogP contribution in [0.1, 0.15) is 5.56 Å². The van der Waals surface area contributed by atoms with E-state index in [4.69, 9.17) is 10.8 Å². The van der Waals surface area contributed by atoms with Crippen molar-refractivity contribution in [1.82, 2.24) is 4.98 Å². The Bertz CT molecular complexity index is 584. The minimum atomic E-state index is -1.05. The SMILES string of the molecule is NC(Cc1cncc(-c2ccc(F)cc2)c1)C(=O)O. The molecule has 3 N–H and O–H groups in total. The van der Waals surface area contributed by atoms with Crippen molar-refractivity contribution in [3.8, 4) is 11.1 Å². The van der Waals surface area contributed by atoms with E-state index in [0.29, 0.717) is 0 Å². The second-order valence-electron chi connectivity index (χ2n) is 4.24. The lowest BCUT2D eigenvalue weighted by Crippen LogP contribution is -2.32. The number of aromatic nitrogens is 1. The number of carboxylic acid groups (broad SMARTS) is 1. The number of hydrogen-bond donors (Lipinski definition) is 2. The first-order chi connectivity index (χ1) is 9.06. The molecule has 1 unspecified atom stereocenters. The second-order valence-corrected chi connectivity index (χ2v) is 4.24. The van der Waals surface area contributed by atoms with Crippen molar-refractivity contribution < 1.29 is 14.3 Å². The smallest absolute Gasteiger partial charge is 0.320 e. The van der Waals surface area contributed by atoms with E-state index in [2.05, 4.69) is 4.98 Å². The lowest BCUT2D eigenvalue weighted by atomic mass is 10.0. The molecule has 19 heavy (non-hydrogen) atoms. The highest BCUT2D eigenvalue weighted by Gasteiger charge is 2.12. The molecule has 1 aromatic carbocycles. The lowest BCUT2D eigenvalue weighted by molar-refractivity contribution is -0.138. The van der Waals surface area contributed by atoms with Crippen LogP contribution in [0.5, 0.6) is 0 Å². The largest absolute Gasteiger partial charge is 0.480 e. The van der Waals surface area contributed by atoms with Crippen LogP contribution >= 0.6 is 0 Å². The first-order valence-corrected chi connectivity index (χ1v) is 5.74. The molecule has 4 nitrogen and oxygen atoms in total. The van der Waals surface area contributed by atoms with E-state index < -0.39 is 12.0 Å². The summed E-state index contributed by atoms with van der Waals surface area (Å²) in [6.07, 6.45) is 3.43. The fourth-order valence-electron chi connectivity index (χ4n) is 1.74. The van der Waals surface area contributed by atoms with Crippen molar-refractivity contribution in [2.75, 3.05) is 0 Å². The van der Waals surface area contributed by atoms with Gasteiger partial charge in [-0.2, -0.15) is 0 Å². The third-order valence-corrected chi connectivity index (χ3v) is 2.75. The maximum atomic E-state index is 12.8. The molecule has 0 fully saturated rings. The Kier molecular flexibility index (Phi) is 3.87. The zero-order valence-corrected chi connectivity index (χ0v) is 10.1. The molecule has 0 aliphatic heterocycles. The number of pyridine rings is 1. The van der Waals surface area contributed by atoms with Crippen LogP contribution in [-0.2, 0) is 11.2 Å². The molecule has 0 aliphatic rings. The summed E-state index contributed by atoms with van der Waals surface area (Å²) in [5.74, 6) is -1.35. The predicted molar refractivity (Wildman–Crippen MR) is 68.9 cm³/mol. The Morgan fingerprint density at radius 2 is 1.95 bits per heavy atom. The van der Waals surface area contributed by atoms with Gasteiger partial charge in [0.15, 0.2) is 0 Å². The van der Waals surface area contributed by atoms with Crippen LogP contribution in [0.25, 0.3) is 11.1 Å². The molecule has 1 heterocycles. The van der Waals surface area contributed by atoms with Crippen LogP contribution in [0.4, 0.5) is 4.39 Å². The van der Waals surface area contributed by atoms with Gasteiger partial charge in [-0.15, -0.1) is 0 Å². The molecule has 0 aliphatic carbocycles. The molecule has 98 valence electrons. The summed E-state index contributed by atoms with van der Waals surface area (Å²) in [5, 5.41) is 8.77. The van der Waals surface area contributed by atoms with Crippen molar-refractivity contribution in [2.45, 2.75) is 12.5 Å². The first-order valence-electron chi connectivity index (χ1n) is 5.74. The molecule has 0 bridgehead atoms. The molecule has 5 heteroatoms. The molecule has 1 aromatic heterocycles. The summed E-state index contributed by atoms with van der Waals surface area (Å²) < 4.78 is 12.8. The molecule has 1 atom stereocenters. The van der Waals surface area contributed by atoms with Gasteiger partial charge in [0.25, 0.3) is 0 Å². The highest BCUT2D eigenvalue weighted by molar-refractivity contribution is 5.73. The first kappa shape index (κ1) is 13.2. The van der Waals surface area contributed by atoms with Crippen molar-refractivity contribution in [1.29, 1.82) is 0 Å². The zero-order chi connectivity index (χ0) is 13.8. The van der Waals surface area contributed by atoms with Crippen LogP contribution in [0.2, 0.25) is 0 Å². The minimum Gasteiger partial charge on any atom is -0.480 e. The van der Waals surface area contributed by atoms with Gasteiger partial charge in [0, 0.05) is 18.0 Å². The number of carboxylic acids is 1. The Morgan fingerprint density at radius 3 is 2.58 bits per heavy atom. The highest BCUT2D eigenvalue weighted by atomic mass is 19.1. The third kappa shape index (κ3) is 3.35. The van der Waals surface area contributed by atoms with Gasteiger partial charge >= 0.3 is 5.97 Å². The maximum absolute atomic E-state index is 12.8. The van der Waals surface area contributed by atoms with E-state index in [9.17, 15) is 9.18 Å². The predicted octanol–water partition coefficient (Wildman–Crippen LogP) is 1.84. The van der Waals surface area contributed by atoms with Crippen LogP contribution in [-0.4, -0.2) is 22.1 Å². The molecule has 0 radical (unpaired) electrons. The van der Waals surface area contributed by atoms with Gasteiger partial charge in [-0.3, -0.25) is 9.78 Å². The quantitative estimate of drug-likeness (QED) is 0.879. The fourth-order valence-corrected chi connectivity index (χ4v) is 1.74. The van der Waals surface area contributed by atoms with Gasteiger partial charge in [0.1, 0.15) is 11.9 Å². The fraction of sp³-hybridized carbons (Fsp3) is 0.143. The summed E-state index contributed by atoms with van der Waals surface area (Å²) in [6, 6.07) is 6.88. The lowest BCUT2D eigenvalue weighted by Gasteiger charge is -2.08. The Morgan fingerprint density at radius 1 is 1.26 bits per heavy atom. The minimum absolute atomic E-state index is 0.206. The molecule has 0 amide bonds.